The predicted octanol–water partition coefficient (Wildman–Crippen LogP) is 1.92. The minimum Gasteiger partial charge on any atom is -0.329 e. The van der Waals surface area contributed by atoms with Gasteiger partial charge in [-0.15, -0.1) is 0 Å². The normalized spacial score (nSPS) is 13.0. The van der Waals surface area contributed by atoms with Crippen molar-refractivity contribution in [2.24, 2.45) is 5.73 Å². The summed E-state index contributed by atoms with van der Waals surface area (Å²) in [5.74, 6) is 0. The van der Waals surface area contributed by atoms with Crippen molar-refractivity contribution < 1.29 is 0 Å². The van der Waals surface area contributed by atoms with E-state index in [1.54, 1.807) is 0 Å². The number of nitrogens with two attached hydrogens (primary N) is 1. The minimum atomic E-state index is 0.176. The molecule has 0 saturated carbocycles. The van der Waals surface area contributed by atoms with Crippen LogP contribution in [0.3, 0.4) is 0 Å². The zero-order valence-corrected chi connectivity index (χ0v) is 7.51. The van der Waals surface area contributed by atoms with Crippen LogP contribution < -0.4 is 5.73 Å². The molecule has 0 aromatic heterocycles. The molecule has 2 heteroatoms. The lowest BCUT2D eigenvalue weighted by Gasteiger charge is -2.07. The Morgan fingerprint density at radius 2 is 1.91 bits per heavy atom. The van der Waals surface area contributed by atoms with Gasteiger partial charge in [0.1, 0.15) is 0 Å². The van der Waals surface area contributed by atoms with E-state index in [0.29, 0.717) is 6.54 Å². The first-order chi connectivity index (χ1) is 5.24. The van der Waals surface area contributed by atoms with Gasteiger partial charge in [-0.2, -0.15) is 12.6 Å². The largest absolute Gasteiger partial charge is 0.329 e. The summed E-state index contributed by atoms with van der Waals surface area (Å²) in [6, 6.07) is 8.29. The number of rotatable bonds is 2. The highest BCUT2D eigenvalue weighted by molar-refractivity contribution is 7.80. The average molecular weight is 167 g/mol. The van der Waals surface area contributed by atoms with Crippen molar-refractivity contribution in [3.8, 4) is 0 Å². The van der Waals surface area contributed by atoms with Gasteiger partial charge >= 0.3 is 0 Å². The highest BCUT2D eigenvalue weighted by Gasteiger charge is 2.01. The van der Waals surface area contributed by atoms with Gasteiger partial charge in [-0.1, -0.05) is 29.8 Å². The Bertz CT molecular complexity index is 218. The summed E-state index contributed by atoms with van der Waals surface area (Å²) in [7, 11) is 0. The van der Waals surface area contributed by atoms with Crippen molar-refractivity contribution >= 4 is 12.6 Å². The molecule has 0 heterocycles. The Hall–Kier alpha value is -0.470. The molecule has 0 aliphatic heterocycles. The third-order valence-corrected chi connectivity index (χ3v) is 2.19. The molecule has 1 rings (SSSR count). The molecule has 0 bridgehead atoms. The van der Waals surface area contributed by atoms with Crippen LogP contribution in [-0.2, 0) is 0 Å². The molecule has 0 spiro atoms. The molecule has 1 aromatic carbocycles. The van der Waals surface area contributed by atoms with Crippen molar-refractivity contribution in [1.82, 2.24) is 0 Å². The van der Waals surface area contributed by atoms with E-state index in [2.05, 4.69) is 43.8 Å². The Balaban J connectivity index is 2.81. The predicted molar refractivity (Wildman–Crippen MR) is 52.0 cm³/mol. The van der Waals surface area contributed by atoms with Gasteiger partial charge < -0.3 is 5.73 Å². The molecule has 1 unspecified atom stereocenters. The molecule has 0 radical (unpaired) electrons. The fourth-order valence-corrected chi connectivity index (χ4v) is 1.10. The van der Waals surface area contributed by atoms with Crippen LogP contribution in [0.15, 0.2) is 24.3 Å². The number of benzene rings is 1. The zero-order chi connectivity index (χ0) is 8.27. The van der Waals surface area contributed by atoms with Gasteiger partial charge in [0.05, 0.1) is 0 Å². The Labute approximate surface area is 73.0 Å². The maximum Gasteiger partial charge on any atom is 0.0389 e. The van der Waals surface area contributed by atoms with Crippen LogP contribution in [0.1, 0.15) is 16.4 Å². The molecule has 1 nitrogen and oxygen atoms in total. The lowest BCUT2D eigenvalue weighted by molar-refractivity contribution is 0.948. The first kappa shape index (κ1) is 8.62. The van der Waals surface area contributed by atoms with E-state index in [1.165, 1.54) is 11.1 Å². The SMILES string of the molecule is Cc1ccc(C(S)CN)cc1. The monoisotopic (exact) mass is 167 g/mol. The first-order valence-corrected chi connectivity index (χ1v) is 4.20. The summed E-state index contributed by atoms with van der Waals surface area (Å²) >= 11 is 4.33. The highest BCUT2D eigenvalue weighted by Crippen LogP contribution is 2.17. The van der Waals surface area contributed by atoms with Crippen LogP contribution in [-0.4, -0.2) is 6.54 Å². The zero-order valence-electron chi connectivity index (χ0n) is 6.62. The number of thiol groups is 1. The highest BCUT2D eigenvalue weighted by atomic mass is 32.1. The molecule has 1 atom stereocenters. The molecule has 11 heavy (non-hydrogen) atoms. The third-order valence-electron chi connectivity index (χ3n) is 1.69. The minimum absolute atomic E-state index is 0.176. The number of hydrogen-bond donors (Lipinski definition) is 2. The fraction of sp³-hybridized carbons (Fsp3) is 0.333. The van der Waals surface area contributed by atoms with Crippen LogP contribution in [0, 0.1) is 6.92 Å². The van der Waals surface area contributed by atoms with Crippen LogP contribution in [0.4, 0.5) is 0 Å². The van der Waals surface area contributed by atoms with Crippen molar-refractivity contribution in [3.05, 3.63) is 35.4 Å². The quantitative estimate of drug-likeness (QED) is 0.647. The van der Waals surface area contributed by atoms with Gasteiger partial charge in [0.15, 0.2) is 0 Å². The maximum atomic E-state index is 5.47. The van der Waals surface area contributed by atoms with E-state index in [9.17, 15) is 0 Å². The summed E-state index contributed by atoms with van der Waals surface area (Å²) in [4.78, 5) is 0. The van der Waals surface area contributed by atoms with Gasteiger partial charge in [0.25, 0.3) is 0 Å². The lowest BCUT2D eigenvalue weighted by Crippen LogP contribution is -2.06. The molecule has 2 N–H and O–H groups in total. The topological polar surface area (TPSA) is 26.0 Å². The van der Waals surface area contributed by atoms with Gasteiger partial charge in [0, 0.05) is 11.8 Å². The Morgan fingerprint density at radius 3 is 2.36 bits per heavy atom. The molecule has 0 aliphatic rings. The lowest BCUT2D eigenvalue weighted by atomic mass is 10.1. The number of aryl methyl sites for hydroxylation is 1. The molecule has 0 aliphatic carbocycles. The molecular formula is C9H13NS. The molecule has 0 saturated heterocycles. The number of hydrogen-bond acceptors (Lipinski definition) is 2. The second-order valence-corrected chi connectivity index (χ2v) is 3.29. The fourth-order valence-electron chi connectivity index (χ4n) is 0.925. The van der Waals surface area contributed by atoms with E-state index >= 15 is 0 Å². The standard InChI is InChI=1S/C9H13NS/c1-7-2-4-8(5-3-7)9(11)6-10/h2-5,9,11H,6,10H2,1H3. The van der Waals surface area contributed by atoms with E-state index in [1.807, 2.05) is 0 Å². The van der Waals surface area contributed by atoms with Crippen LogP contribution >= 0.6 is 12.6 Å². The second kappa shape index (κ2) is 3.79. The van der Waals surface area contributed by atoms with Crippen molar-refractivity contribution in [2.45, 2.75) is 12.2 Å². The van der Waals surface area contributed by atoms with E-state index in [-0.39, 0.29) is 5.25 Å². The van der Waals surface area contributed by atoms with Crippen LogP contribution in [0.5, 0.6) is 0 Å². The third kappa shape index (κ3) is 2.24. The maximum absolute atomic E-state index is 5.47. The molecular weight excluding hydrogens is 154 g/mol. The second-order valence-electron chi connectivity index (χ2n) is 2.66. The average Bonchev–Trinajstić information content (AvgIpc) is 2.05. The Kier molecular flexibility index (Phi) is 2.97. The molecule has 1 aromatic rings. The molecule has 0 fully saturated rings. The van der Waals surface area contributed by atoms with Crippen molar-refractivity contribution in [3.63, 3.8) is 0 Å². The summed E-state index contributed by atoms with van der Waals surface area (Å²) in [6.45, 7) is 2.66. The molecule has 60 valence electrons. The van der Waals surface area contributed by atoms with Crippen LogP contribution in [0.25, 0.3) is 0 Å². The summed E-state index contributed by atoms with van der Waals surface area (Å²) in [5.41, 5.74) is 7.93. The van der Waals surface area contributed by atoms with Gasteiger partial charge in [-0.3, -0.25) is 0 Å². The van der Waals surface area contributed by atoms with Crippen LogP contribution in [0.2, 0.25) is 0 Å². The Morgan fingerprint density at radius 1 is 1.36 bits per heavy atom. The summed E-state index contributed by atoms with van der Waals surface area (Å²) in [5, 5.41) is 0.176. The smallest absolute Gasteiger partial charge is 0.0389 e. The van der Waals surface area contributed by atoms with Crippen molar-refractivity contribution in [1.29, 1.82) is 0 Å². The first-order valence-electron chi connectivity index (χ1n) is 3.68. The van der Waals surface area contributed by atoms with Gasteiger partial charge in [0.2, 0.25) is 0 Å². The van der Waals surface area contributed by atoms with Gasteiger partial charge in [-0.05, 0) is 12.5 Å². The molecule has 0 amide bonds. The van der Waals surface area contributed by atoms with Crippen molar-refractivity contribution in [2.75, 3.05) is 6.54 Å². The van der Waals surface area contributed by atoms with E-state index in [4.69, 9.17) is 5.73 Å². The van der Waals surface area contributed by atoms with E-state index < -0.39 is 0 Å². The van der Waals surface area contributed by atoms with E-state index in [0.717, 1.165) is 0 Å². The van der Waals surface area contributed by atoms with Gasteiger partial charge in [-0.25, -0.2) is 0 Å². The summed E-state index contributed by atoms with van der Waals surface area (Å²) in [6.07, 6.45) is 0. The summed E-state index contributed by atoms with van der Waals surface area (Å²) < 4.78 is 0.